The zero-order valence-electron chi connectivity index (χ0n) is 8.18. The fourth-order valence-corrected chi connectivity index (χ4v) is 3.43. The highest BCUT2D eigenvalue weighted by Crippen LogP contribution is 2.35. The summed E-state index contributed by atoms with van der Waals surface area (Å²) in [5.41, 5.74) is 2.66. The molecule has 0 N–H and O–H groups in total. The second kappa shape index (κ2) is 3.20. The molecule has 1 atom stereocenters. The molecule has 1 aromatic rings. The van der Waals surface area contributed by atoms with E-state index in [0.717, 1.165) is 5.92 Å². The molecule has 13 heavy (non-hydrogen) atoms. The largest absolute Gasteiger partial charge is 0.144 e. The van der Waals surface area contributed by atoms with Crippen molar-refractivity contribution in [1.29, 1.82) is 0 Å². The van der Waals surface area contributed by atoms with Crippen LogP contribution in [-0.2, 0) is 12.8 Å². The second-order valence-corrected chi connectivity index (χ2v) is 5.24. The number of rotatable bonds is 0. The Morgan fingerprint density at radius 1 is 1.54 bits per heavy atom. The Morgan fingerprint density at radius 3 is 3.00 bits per heavy atom. The van der Waals surface area contributed by atoms with Crippen molar-refractivity contribution >= 4 is 11.3 Å². The normalized spacial score (nSPS) is 20.8. The van der Waals surface area contributed by atoms with Crippen molar-refractivity contribution in [3.63, 3.8) is 0 Å². The van der Waals surface area contributed by atoms with Crippen molar-refractivity contribution in [1.82, 2.24) is 0 Å². The van der Waals surface area contributed by atoms with Crippen LogP contribution in [0.2, 0.25) is 0 Å². The molecule has 68 valence electrons. The van der Waals surface area contributed by atoms with Crippen LogP contribution < -0.4 is 0 Å². The van der Waals surface area contributed by atoms with Crippen molar-refractivity contribution in [3.05, 3.63) is 20.9 Å². The van der Waals surface area contributed by atoms with Gasteiger partial charge in [0.1, 0.15) is 0 Å². The molecule has 1 heterocycles. The first-order valence-corrected chi connectivity index (χ1v) is 5.61. The second-order valence-electron chi connectivity index (χ2n) is 3.93. The predicted octanol–water partition coefficient (Wildman–Crippen LogP) is 3.16. The van der Waals surface area contributed by atoms with Crippen LogP contribution in [0.4, 0.5) is 0 Å². The molecular formula is C12H14S. The van der Waals surface area contributed by atoms with Crippen LogP contribution in [0.15, 0.2) is 0 Å². The molecule has 0 saturated heterocycles. The minimum atomic E-state index is 0.844. The maximum atomic E-state index is 5.51. The van der Waals surface area contributed by atoms with Gasteiger partial charge >= 0.3 is 0 Å². The topological polar surface area (TPSA) is 0 Å². The van der Waals surface area contributed by atoms with Gasteiger partial charge in [-0.1, -0.05) is 12.8 Å². The fourth-order valence-electron chi connectivity index (χ4n) is 2.08. The van der Waals surface area contributed by atoms with Crippen LogP contribution in [0.1, 0.15) is 34.2 Å². The van der Waals surface area contributed by atoms with Crippen LogP contribution >= 0.6 is 11.3 Å². The number of hydrogen-bond acceptors (Lipinski definition) is 1. The van der Waals surface area contributed by atoms with Gasteiger partial charge < -0.3 is 0 Å². The van der Waals surface area contributed by atoms with E-state index in [1.54, 1.807) is 4.88 Å². The number of aryl methyl sites for hydroxylation is 1. The van der Waals surface area contributed by atoms with Crippen LogP contribution in [0.5, 0.6) is 0 Å². The summed E-state index contributed by atoms with van der Waals surface area (Å²) in [4.78, 5) is 2.88. The molecule has 0 saturated carbocycles. The SMILES string of the molecule is C#Cc1c(C)sc2c1CCC(C)C2. The minimum absolute atomic E-state index is 0.844. The first kappa shape index (κ1) is 8.84. The van der Waals surface area contributed by atoms with Crippen LogP contribution in [-0.4, -0.2) is 0 Å². The summed E-state index contributed by atoms with van der Waals surface area (Å²) in [5.74, 6) is 3.67. The van der Waals surface area contributed by atoms with Crippen LogP contribution in [0.25, 0.3) is 0 Å². The summed E-state index contributed by atoms with van der Waals surface area (Å²) in [6, 6.07) is 0. The quantitative estimate of drug-likeness (QED) is 0.551. The van der Waals surface area contributed by atoms with E-state index in [1.807, 2.05) is 11.3 Å². The summed E-state index contributed by atoms with van der Waals surface area (Å²) >= 11 is 1.90. The van der Waals surface area contributed by atoms with Gasteiger partial charge in [0, 0.05) is 15.3 Å². The summed E-state index contributed by atoms with van der Waals surface area (Å²) < 4.78 is 0. The highest BCUT2D eigenvalue weighted by atomic mass is 32.1. The van der Waals surface area contributed by atoms with E-state index in [9.17, 15) is 0 Å². The van der Waals surface area contributed by atoms with Gasteiger partial charge in [-0.05, 0) is 37.7 Å². The minimum Gasteiger partial charge on any atom is -0.144 e. The van der Waals surface area contributed by atoms with Crippen molar-refractivity contribution in [2.45, 2.75) is 33.1 Å². The lowest BCUT2D eigenvalue weighted by atomic mass is 9.88. The molecule has 0 nitrogen and oxygen atoms in total. The Balaban J connectivity index is 2.48. The number of terminal acetylenes is 1. The van der Waals surface area contributed by atoms with Gasteiger partial charge in [0.05, 0.1) is 0 Å². The molecule has 0 spiro atoms. The summed E-state index contributed by atoms with van der Waals surface area (Å²) in [6.45, 7) is 4.47. The molecule has 0 amide bonds. The average Bonchev–Trinajstić information content (AvgIpc) is 2.39. The molecule has 1 heteroatoms. The Morgan fingerprint density at radius 2 is 2.31 bits per heavy atom. The standard InChI is InChI=1S/C12H14S/c1-4-10-9(3)13-12-7-8(2)5-6-11(10)12/h1,8H,5-7H2,2-3H3. The molecule has 1 unspecified atom stereocenters. The third-order valence-corrected chi connectivity index (χ3v) is 4.00. The van der Waals surface area contributed by atoms with Gasteiger partial charge in [-0.2, -0.15) is 0 Å². The zero-order valence-corrected chi connectivity index (χ0v) is 9.00. The molecule has 0 fully saturated rings. The van der Waals surface area contributed by atoms with Gasteiger partial charge in [-0.3, -0.25) is 0 Å². The smallest absolute Gasteiger partial charge is 0.0413 e. The first-order valence-electron chi connectivity index (χ1n) is 4.80. The molecule has 0 radical (unpaired) electrons. The Bertz CT molecular complexity index is 365. The lowest BCUT2D eigenvalue weighted by molar-refractivity contribution is 0.507. The highest BCUT2D eigenvalue weighted by Gasteiger charge is 2.20. The molecular weight excluding hydrogens is 176 g/mol. The maximum Gasteiger partial charge on any atom is 0.0413 e. The monoisotopic (exact) mass is 190 g/mol. The Labute approximate surface area is 84.0 Å². The molecule has 1 aromatic heterocycles. The van der Waals surface area contributed by atoms with E-state index < -0.39 is 0 Å². The number of thiophene rings is 1. The third-order valence-electron chi connectivity index (χ3n) is 2.83. The van der Waals surface area contributed by atoms with Crippen molar-refractivity contribution in [2.75, 3.05) is 0 Å². The molecule has 2 rings (SSSR count). The lowest BCUT2D eigenvalue weighted by Gasteiger charge is -2.17. The third kappa shape index (κ3) is 1.40. The lowest BCUT2D eigenvalue weighted by Crippen LogP contribution is -2.09. The molecule has 0 aliphatic heterocycles. The van der Waals surface area contributed by atoms with Gasteiger partial charge in [0.15, 0.2) is 0 Å². The van der Waals surface area contributed by atoms with Crippen molar-refractivity contribution in [3.8, 4) is 12.3 Å². The summed E-state index contributed by atoms with van der Waals surface area (Å²) in [7, 11) is 0. The van der Waals surface area contributed by atoms with E-state index in [2.05, 4.69) is 19.8 Å². The van der Waals surface area contributed by atoms with E-state index in [-0.39, 0.29) is 0 Å². The van der Waals surface area contributed by atoms with E-state index in [1.165, 1.54) is 35.3 Å². The maximum absolute atomic E-state index is 5.51. The van der Waals surface area contributed by atoms with Crippen LogP contribution in [0, 0.1) is 25.2 Å². The predicted molar refractivity (Wildman–Crippen MR) is 58.2 cm³/mol. The van der Waals surface area contributed by atoms with E-state index in [4.69, 9.17) is 6.42 Å². The van der Waals surface area contributed by atoms with Crippen LogP contribution in [0.3, 0.4) is 0 Å². The van der Waals surface area contributed by atoms with Gasteiger partial charge in [-0.25, -0.2) is 0 Å². The number of fused-ring (bicyclic) bond motifs is 1. The molecule has 1 aliphatic carbocycles. The highest BCUT2D eigenvalue weighted by molar-refractivity contribution is 7.12. The molecule has 1 aliphatic rings. The summed E-state index contributed by atoms with van der Waals surface area (Å²) in [5, 5.41) is 0. The summed E-state index contributed by atoms with van der Waals surface area (Å²) in [6.07, 6.45) is 9.25. The van der Waals surface area contributed by atoms with E-state index in [0.29, 0.717) is 0 Å². The van der Waals surface area contributed by atoms with Gasteiger partial charge in [0.2, 0.25) is 0 Å². The first-order chi connectivity index (χ1) is 6.22. The Hall–Kier alpha value is -0.740. The zero-order chi connectivity index (χ0) is 9.42. The van der Waals surface area contributed by atoms with Crippen molar-refractivity contribution < 1.29 is 0 Å². The molecule has 0 bridgehead atoms. The number of hydrogen-bond donors (Lipinski definition) is 0. The molecule has 0 aromatic carbocycles. The Kier molecular flexibility index (Phi) is 2.17. The van der Waals surface area contributed by atoms with Gasteiger partial charge in [-0.15, -0.1) is 17.8 Å². The van der Waals surface area contributed by atoms with E-state index >= 15 is 0 Å². The average molecular weight is 190 g/mol. The fraction of sp³-hybridized carbons (Fsp3) is 0.500. The van der Waals surface area contributed by atoms with Crippen molar-refractivity contribution in [2.24, 2.45) is 5.92 Å². The van der Waals surface area contributed by atoms with Gasteiger partial charge in [0.25, 0.3) is 0 Å².